The van der Waals surface area contributed by atoms with Crippen molar-refractivity contribution in [3.05, 3.63) is 39.7 Å². The molecule has 0 aliphatic heterocycles. The van der Waals surface area contributed by atoms with Crippen LogP contribution in [-0.4, -0.2) is 29.5 Å². The first-order valence-corrected chi connectivity index (χ1v) is 6.36. The highest BCUT2D eigenvalue weighted by Crippen LogP contribution is 2.35. The van der Waals surface area contributed by atoms with E-state index in [2.05, 4.69) is 0 Å². The van der Waals surface area contributed by atoms with Crippen molar-refractivity contribution in [3.63, 3.8) is 0 Å². The first kappa shape index (κ1) is 13.9. The van der Waals surface area contributed by atoms with Crippen LogP contribution in [0.4, 0.5) is 10.1 Å². The average molecular weight is 267 g/mol. The Morgan fingerprint density at radius 2 is 2.26 bits per heavy atom. The van der Waals surface area contributed by atoms with Gasteiger partial charge < -0.3 is 5.73 Å². The maximum Gasteiger partial charge on any atom is 0.272 e. The van der Waals surface area contributed by atoms with Crippen LogP contribution in [0.25, 0.3) is 0 Å². The minimum atomic E-state index is -0.594. The van der Waals surface area contributed by atoms with E-state index in [-0.39, 0.29) is 11.7 Å². The zero-order valence-electron chi connectivity index (χ0n) is 10.9. The van der Waals surface area contributed by atoms with Gasteiger partial charge in [-0.3, -0.25) is 15.0 Å². The molecule has 0 bridgehead atoms. The molecule has 1 fully saturated rings. The van der Waals surface area contributed by atoms with Gasteiger partial charge >= 0.3 is 0 Å². The van der Waals surface area contributed by atoms with Gasteiger partial charge in [-0.05, 0) is 31.9 Å². The molecule has 1 aromatic carbocycles. The first-order chi connectivity index (χ1) is 9.02. The number of non-ortho nitro benzene ring substituents is 1. The number of nitro benzene ring substituents is 1. The molecule has 5 nitrogen and oxygen atoms in total. The van der Waals surface area contributed by atoms with Crippen LogP contribution >= 0.6 is 0 Å². The number of hydrogen-bond donors (Lipinski definition) is 1. The zero-order valence-corrected chi connectivity index (χ0v) is 10.9. The van der Waals surface area contributed by atoms with Gasteiger partial charge in [0, 0.05) is 30.8 Å². The fourth-order valence-electron chi connectivity index (χ4n) is 2.38. The van der Waals surface area contributed by atoms with E-state index in [1.165, 1.54) is 25.0 Å². The maximum absolute atomic E-state index is 13.8. The number of halogens is 1. The molecule has 19 heavy (non-hydrogen) atoms. The Bertz CT molecular complexity index is 477. The van der Waals surface area contributed by atoms with Crippen LogP contribution in [0.3, 0.4) is 0 Å². The lowest BCUT2D eigenvalue weighted by Gasteiger charge is -2.27. The van der Waals surface area contributed by atoms with Gasteiger partial charge in [0.2, 0.25) is 0 Å². The Labute approximate surface area is 111 Å². The maximum atomic E-state index is 13.8. The molecule has 0 spiro atoms. The molecule has 104 valence electrons. The van der Waals surface area contributed by atoms with Crippen LogP contribution in [0.15, 0.2) is 18.2 Å². The van der Waals surface area contributed by atoms with Crippen molar-refractivity contribution in [1.29, 1.82) is 0 Å². The Morgan fingerprint density at radius 3 is 2.74 bits per heavy atom. The summed E-state index contributed by atoms with van der Waals surface area (Å²) in [5.74, 6) is 0.0729. The predicted molar refractivity (Wildman–Crippen MR) is 70.1 cm³/mol. The molecule has 2 N–H and O–H groups in total. The van der Waals surface area contributed by atoms with Gasteiger partial charge in [0.05, 0.1) is 11.0 Å². The van der Waals surface area contributed by atoms with E-state index in [0.717, 1.165) is 6.07 Å². The fraction of sp³-hybridized carbons (Fsp3) is 0.538. The molecule has 1 unspecified atom stereocenters. The Kier molecular flexibility index (Phi) is 4.11. The molecule has 1 atom stereocenters. The molecule has 0 radical (unpaired) electrons. The summed E-state index contributed by atoms with van der Waals surface area (Å²) in [5.41, 5.74) is 5.99. The zero-order chi connectivity index (χ0) is 14.0. The van der Waals surface area contributed by atoms with Crippen molar-refractivity contribution in [2.45, 2.75) is 25.4 Å². The number of nitrogens with two attached hydrogens (primary N) is 1. The Morgan fingerprint density at radius 1 is 1.58 bits per heavy atom. The van der Waals surface area contributed by atoms with Crippen LogP contribution in [0.2, 0.25) is 0 Å². The van der Waals surface area contributed by atoms with Crippen molar-refractivity contribution in [1.82, 2.24) is 4.90 Å². The van der Waals surface area contributed by atoms with Crippen LogP contribution in [-0.2, 0) is 6.54 Å². The summed E-state index contributed by atoms with van der Waals surface area (Å²) in [4.78, 5) is 12.0. The number of benzene rings is 1. The minimum Gasteiger partial charge on any atom is -0.329 e. The van der Waals surface area contributed by atoms with E-state index in [9.17, 15) is 14.5 Å². The van der Waals surface area contributed by atoms with E-state index in [1.807, 2.05) is 11.9 Å². The molecule has 2 rings (SSSR count). The quantitative estimate of drug-likeness (QED) is 0.631. The molecule has 0 amide bonds. The van der Waals surface area contributed by atoms with E-state index in [4.69, 9.17) is 5.73 Å². The molecule has 1 aliphatic rings. The highest BCUT2D eigenvalue weighted by atomic mass is 19.1. The van der Waals surface area contributed by atoms with E-state index in [1.54, 1.807) is 0 Å². The molecule has 0 aromatic heterocycles. The summed E-state index contributed by atoms with van der Waals surface area (Å²) in [6, 6.07) is 4.04. The Hall–Kier alpha value is -1.53. The molecule has 1 saturated carbocycles. The second-order valence-electron chi connectivity index (χ2n) is 5.09. The molecular formula is C13H18FN3O2. The van der Waals surface area contributed by atoms with Gasteiger partial charge in [-0.15, -0.1) is 0 Å². The Balaban J connectivity index is 2.07. The summed E-state index contributed by atoms with van der Waals surface area (Å²) >= 11 is 0. The van der Waals surface area contributed by atoms with Crippen molar-refractivity contribution in [3.8, 4) is 0 Å². The standard InChI is InChI=1S/C13H18FN3O2/c1-16(13(7-15)9-2-3-9)8-10-4-5-11(17(18)19)6-12(10)14/h4-6,9,13H,2-3,7-8,15H2,1H3. The molecular weight excluding hydrogens is 249 g/mol. The minimum absolute atomic E-state index is 0.221. The smallest absolute Gasteiger partial charge is 0.272 e. The van der Waals surface area contributed by atoms with Gasteiger partial charge in [-0.1, -0.05) is 0 Å². The van der Waals surface area contributed by atoms with Gasteiger partial charge in [0.25, 0.3) is 5.69 Å². The second kappa shape index (κ2) is 5.63. The number of rotatable bonds is 6. The third-order valence-corrected chi connectivity index (χ3v) is 3.64. The third-order valence-electron chi connectivity index (χ3n) is 3.64. The largest absolute Gasteiger partial charge is 0.329 e. The van der Waals surface area contributed by atoms with Gasteiger partial charge in [0.1, 0.15) is 5.82 Å². The fourth-order valence-corrected chi connectivity index (χ4v) is 2.38. The molecule has 1 aromatic rings. The monoisotopic (exact) mass is 267 g/mol. The summed E-state index contributed by atoms with van der Waals surface area (Å²) in [5, 5.41) is 10.6. The van der Waals surface area contributed by atoms with Crippen LogP contribution in [0.5, 0.6) is 0 Å². The van der Waals surface area contributed by atoms with E-state index in [0.29, 0.717) is 24.6 Å². The van der Waals surface area contributed by atoms with Gasteiger partial charge in [0.15, 0.2) is 0 Å². The summed E-state index contributed by atoms with van der Waals surface area (Å²) in [6.07, 6.45) is 2.35. The third kappa shape index (κ3) is 3.27. The average Bonchev–Trinajstić information content (AvgIpc) is 3.17. The lowest BCUT2D eigenvalue weighted by Crippen LogP contribution is -2.39. The SMILES string of the molecule is CN(Cc1ccc([N+](=O)[O-])cc1F)C(CN)C1CC1. The van der Waals surface area contributed by atoms with Crippen molar-refractivity contribution in [2.75, 3.05) is 13.6 Å². The summed E-state index contributed by atoms with van der Waals surface area (Å²) in [7, 11) is 1.91. The topological polar surface area (TPSA) is 72.4 Å². The number of likely N-dealkylation sites (N-methyl/N-ethyl adjacent to an activating group) is 1. The van der Waals surface area contributed by atoms with E-state index < -0.39 is 10.7 Å². The lowest BCUT2D eigenvalue weighted by atomic mass is 10.1. The van der Waals surface area contributed by atoms with Gasteiger partial charge in [-0.25, -0.2) is 4.39 Å². The van der Waals surface area contributed by atoms with Crippen LogP contribution in [0, 0.1) is 21.8 Å². The number of nitrogens with zero attached hydrogens (tertiary/aromatic N) is 2. The highest BCUT2D eigenvalue weighted by Gasteiger charge is 2.33. The molecule has 0 saturated heterocycles. The van der Waals surface area contributed by atoms with Crippen molar-refractivity contribution < 1.29 is 9.31 Å². The first-order valence-electron chi connectivity index (χ1n) is 6.36. The van der Waals surface area contributed by atoms with Crippen LogP contribution in [0.1, 0.15) is 18.4 Å². The van der Waals surface area contributed by atoms with Crippen LogP contribution < -0.4 is 5.73 Å². The second-order valence-corrected chi connectivity index (χ2v) is 5.09. The molecule has 6 heteroatoms. The number of hydrogen-bond acceptors (Lipinski definition) is 4. The summed E-state index contributed by atoms with van der Waals surface area (Å²) < 4.78 is 13.8. The molecule has 0 heterocycles. The van der Waals surface area contributed by atoms with E-state index >= 15 is 0 Å². The number of nitro groups is 1. The lowest BCUT2D eigenvalue weighted by molar-refractivity contribution is -0.385. The normalized spacial score (nSPS) is 16.6. The van der Waals surface area contributed by atoms with Crippen molar-refractivity contribution >= 4 is 5.69 Å². The summed E-state index contributed by atoms with van der Waals surface area (Å²) in [6.45, 7) is 0.970. The molecule has 1 aliphatic carbocycles. The van der Waals surface area contributed by atoms with Gasteiger partial charge in [-0.2, -0.15) is 0 Å². The predicted octanol–water partition coefficient (Wildman–Crippen LogP) is 1.90. The van der Waals surface area contributed by atoms with Crippen molar-refractivity contribution in [2.24, 2.45) is 11.7 Å². The highest BCUT2D eigenvalue weighted by molar-refractivity contribution is 5.34.